The minimum Gasteiger partial charge on any atom is -0.457 e. The van der Waals surface area contributed by atoms with E-state index in [4.69, 9.17) is 9.72 Å². The molecule has 0 unspecified atom stereocenters. The predicted octanol–water partition coefficient (Wildman–Crippen LogP) is 7.35. The molecule has 0 saturated carbocycles. The first-order valence-corrected chi connectivity index (χ1v) is 10.3. The van der Waals surface area contributed by atoms with E-state index in [1.807, 2.05) is 36.5 Å². The lowest BCUT2D eigenvalue weighted by Crippen LogP contribution is -1.99. The summed E-state index contributed by atoms with van der Waals surface area (Å²) in [6.07, 6.45) is 1.94. The van der Waals surface area contributed by atoms with Crippen LogP contribution in [0.15, 0.2) is 83.5 Å². The largest absolute Gasteiger partial charge is 0.457 e. The van der Waals surface area contributed by atoms with Gasteiger partial charge in [0, 0.05) is 27.5 Å². The van der Waals surface area contributed by atoms with Crippen molar-refractivity contribution in [2.45, 2.75) is 13.8 Å². The van der Waals surface area contributed by atoms with Crippen LogP contribution in [0, 0.1) is 13.8 Å². The van der Waals surface area contributed by atoms with Crippen LogP contribution in [0.3, 0.4) is 0 Å². The smallest absolute Gasteiger partial charge is 0.137 e. The van der Waals surface area contributed by atoms with Gasteiger partial charge in [0.25, 0.3) is 0 Å². The maximum Gasteiger partial charge on any atom is 0.137 e. The van der Waals surface area contributed by atoms with Crippen LogP contribution in [-0.2, 0) is 0 Å². The van der Waals surface area contributed by atoms with Crippen molar-refractivity contribution in [1.82, 2.24) is 9.55 Å². The molecule has 0 saturated heterocycles. The molecule has 5 rings (SSSR count). The molecule has 0 aliphatic rings. The normalized spacial score (nSPS) is 11.3. The summed E-state index contributed by atoms with van der Waals surface area (Å²) in [5, 5.41) is 2.39. The number of pyridine rings is 1. The number of para-hydroxylation sites is 1. The lowest BCUT2D eigenvalue weighted by molar-refractivity contribution is 0.483. The third-order valence-corrected chi connectivity index (χ3v) is 5.76. The zero-order chi connectivity index (χ0) is 20.0. The molecule has 4 heteroatoms. The van der Waals surface area contributed by atoms with E-state index in [0.717, 1.165) is 32.8 Å². The molecule has 5 aromatic rings. The summed E-state index contributed by atoms with van der Waals surface area (Å²) in [4.78, 5) is 4.72. The summed E-state index contributed by atoms with van der Waals surface area (Å²) in [7, 11) is 0. The molecule has 0 N–H and O–H groups in total. The van der Waals surface area contributed by atoms with Crippen LogP contribution in [0.5, 0.6) is 11.5 Å². The van der Waals surface area contributed by atoms with Crippen molar-refractivity contribution in [1.29, 1.82) is 0 Å². The number of benzene rings is 3. The van der Waals surface area contributed by atoms with Crippen LogP contribution in [0.1, 0.15) is 11.1 Å². The zero-order valence-corrected chi connectivity index (χ0v) is 17.8. The Morgan fingerprint density at radius 3 is 2.38 bits per heavy atom. The van der Waals surface area contributed by atoms with Crippen molar-refractivity contribution < 1.29 is 4.74 Å². The molecule has 0 aliphatic heterocycles. The number of nitrogens with zero attached hydrogens (tertiary/aromatic N) is 2. The highest BCUT2D eigenvalue weighted by molar-refractivity contribution is 9.10. The molecule has 142 valence electrons. The van der Waals surface area contributed by atoms with Crippen molar-refractivity contribution >= 4 is 37.7 Å². The molecule has 0 aliphatic carbocycles. The quantitative estimate of drug-likeness (QED) is 0.292. The van der Waals surface area contributed by atoms with Crippen molar-refractivity contribution in [3.63, 3.8) is 0 Å². The van der Waals surface area contributed by atoms with E-state index < -0.39 is 0 Å². The highest BCUT2D eigenvalue weighted by atomic mass is 79.9. The van der Waals surface area contributed by atoms with Gasteiger partial charge in [0.1, 0.15) is 17.3 Å². The first-order chi connectivity index (χ1) is 14.1. The van der Waals surface area contributed by atoms with Crippen molar-refractivity contribution in [2.75, 3.05) is 0 Å². The highest BCUT2D eigenvalue weighted by Gasteiger charge is 2.14. The summed E-state index contributed by atoms with van der Waals surface area (Å²) in [5.41, 5.74) is 4.63. The molecule has 0 fully saturated rings. The molecule has 3 aromatic carbocycles. The molecule has 2 heterocycles. The monoisotopic (exact) mass is 442 g/mol. The van der Waals surface area contributed by atoms with E-state index >= 15 is 0 Å². The standard InChI is InChI=1S/C25H19BrN2O/c1-16-12-25(27-15-17(16)2)28-23-9-4-3-8-21(23)22-11-10-20(14-24(22)28)29-19-7-5-6-18(26)13-19/h3-15H,1-2H3. The second-order valence-corrected chi connectivity index (χ2v) is 8.13. The lowest BCUT2D eigenvalue weighted by Gasteiger charge is -2.10. The Kier molecular flexibility index (Phi) is 4.36. The van der Waals surface area contributed by atoms with Crippen molar-refractivity contribution in [3.8, 4) is 17.3 Å². The van der Waals surface area contributed by atoms with Crippen molar-refractivity contribution in [3.05, 3.63) is 94.6 Å². The maximum absolute atomic E-state index is 6.13. The molecule has 0 spiro atoms. The number of fused-ring (bicyclic) bond motifs is 3. The minimum atomic E-state index is 0.795. The molecule has 2 aromatic heterocycles. The van der Waals surface area contributed by atoms with Crippen LogP contribution in [0.25, 0.3) is 27.6 Å². The van der Waals surface area contributed by atoms with Crippen LogP contribution >= 0.6 is 15.9 Å². The van der Waals surface area contributed by atoms with E-state index in [1.54, 1.807) is 0 Å². The molecule has 0 amide bonds. The Bertz CT molecular complexity index is 1370. The van der Waals surface area contributed by atoms with Crippen LogP contribution < -0.4 is 4.74 Å². The number of aromatic nitrogens is 2. The number of hydrogen-bond acceptors (Lipinski definition) is 2. The van der Waals surface area contributed by atoms with Gasteiger partial charge < -0.3 is 4.74 Å². The fraction of sp³-hybridized carbons (Fsp3) is 0.0800. The number of aryl methyl sites for hydroxylation is 2. The average molecular weight is 443 g/mol. The summed E-state index contributed by atoms with van der Waals surface area (Å²) >= 11 is 3.50. The summed E-state index contributed by atoms with van der Waals surface area (Å²) in [6.45, 7) is 4.21. The predicted molar refractivity (Wildman–Crippen MR) is 122 cm³/mol. The Morgan fingerprint density at radius 1 is 0.759 bits per heavy atom. The minimum absolute atomic E-state index is 0.795. The molecule has 3 nitrogen and oxygen atoms in total. The Balaban J connectivity index is 1.73. The Morgan fingerprint density at radius 2 is 1.55 bits per heavy atom. The molecule has 0 bridgehead atoms. The van der Waals surface area contributed by atoms with Gasteiger partial charge in [-0.25, -0.2) is 4.98 Å². The number of halogens is 1. The van der Waals surface area contributed by atoms with Gasteiger partial charge in [0.05, 0.1) is 11.0 Å². The summed E-state index contributed by atoms with van der Waals surface area (Å²) < 4.78 is 9.34. The van der Waals surface area contributed by atoms with E-state index in [-0.39, 0.29) is 0 Å². The molecular weight excluding hydrogens is 424 g/mol. The first-order valence-electron chi connectivity index (χ1n) is 9.50. The first kappa shape index (κ1) is 18.0. The highest BCUT2D eigenvalue weighted by Crippen LogP contribution is 2.35. The molecular formula is C25H19BrN2O. The SMILES string of the molecule is Cc1cnc(-n2c3ccccc3c3ccc(Oc4cccc(Br)c4)cc32)cc1C. The third-order valence-electron chi connectivity index (χ3n) is 5.26. The Hall–Kier alpha value is -3.11. The van der Waals surface area contributed by atoms with Crippen LogP contribution in [-0.4, -0.2) is 9.55 Å². The zero-order valence-electron chi connectivity index (χ0n) is 16.2. The third kappa shape index (κ3) is 3.19. The van der Waals surface area contributed by atoms with Gasteiger partial charge in [-0.1, -0.05) is 40.2 Å². The van der Waals surface area contributed by atoms with E-state index in [2.05, 4.69) is 76.8 Å². The average Bonchev–Trinajstić information content (AvgIpc) is 3.04. The van der Waals surface area contributed by atoms with Gasteiger partial charge in [-0.3, -0.25) is 4.57 Å². The lowest BCUT2D eigenvalue weighted by atomic mass is 10.1. The van der Waals surface area contributed by atoms with Gasteiger partial charge >= 0.3 is 0 Å². The topological polar surface area (TPSA) is 27.1 Å². The van der Waals surface area contributed by atoms with Crippen LogP contribution in [0.4, 0.5) is 0 Å². The van der Waals surface area contributed by atoms with Gasteiger partial charge in [-0.15, -0.1) is 0 Å². The van der Waals surface area contributed by atoms with E-state index in [9.17, 15) is 0 Å². The van der Waals surface area contributed by atoms with E-state index in [0.29, 0.717) is 0 Å². The van der Waals surface area contributed by atoms with Crippen LogP contribution in [0.2, 0.25) is 0 Å². The fourth-order valence-corrected chi connectivity index (χ4v) is 4.04. The second-order valence-electron chi connectivity index (χ2n) is 7.22. The second kappa shape index (κ2) is 7.05. The number of hydrogen-bond donors (Lipinski definition) is 0. The van der Waals surface area contributed by atoms with Crippen molar-refractivity contribution in [2.24, 2.45) is 0 Å². The van der Waals surface area contributed by atoms with E-state index in [1.165, 1.54) is 21.9 Å². The van der Waals surface area contributed by atoms with Gasteiger partial charge in [0.15, 0.2) is 0 Å². The van der Waals surface area contributed by atoms with Gasteiger partial charge in [-0.05, 0) is 67.4 Å². The fourth-order valence-electron chi connectivity index (χ4n) is 3.66. The Labute approximate surface area is 177 Å². The number of ether oxygens (including phenoxy) is 1. The summed E-state index contributed by atoms with van der Waals surface area (Å²) in [6, 6.07) is 24.7. The maximum atomic E-state index is 6.13. The molecule has 29 heavy (non-hydrogen) atoms. The summed E-state index contributed by atoms with van der Waals surface area (Å²) in [5.74, 6) is 2.51. The molecule has 0 radical (unpaired) electrons. The van der Waals surface area contributed by atoms with Gasteiger partial charge in [-0.2, -0.15) is 0 Å². The molecule has 0 atom stereocenters. The number of rotatable bonds is 3. The van der Waals surface area contributed by atoms with Gasteiger partial charge in [0.2, 0.25) is 0 Å².